The first-order valence-corrected chi connectivity index (χ1v) is 30.3. The molecule has 0 heterocycles. The van der Waals surface area contributed by atoms with Gasteiger partial charge in [0.15, 0.2) is 0 Å². The van der Waals surface area contributed by atoms with E-state index in [0.29, 0.717) is 52.0 Å². The standard InChI is InChI=1S/C72H96N4O6/c1-15-17-25-33-79-63-49-37-53-45-59(71(9,10)11)47-55(65(53)81-35-31-73-67(77)75-61-27-21-19-22-28-61)39-51-43-58(70(6,7)8)44-52(64(51)80-34-26-18-16-2)40-56-48-60(72(12,13)14)46-54(38-50(63)42-57(41-49)69(3,4)5)66(56)82-36-32-74-68(78)76-62-29-23-20-24-30-62/h19-24,27-30,41-48H,15-18,25-26,31-40H2,1-14H3,(H2,73,75,77)(H2,74,76,78). The highest BCUT2D eigenvalue weighted by Crippen LogP contribution is 2.44. The van der Waals surface area contributed by atoms with Crippen molar-refractivity contribution in [2.75, 3.05) is 50.2 Å². The van der Waals surface area contributed by atoms with Crippen LogP contribution < -0.4 is 40.2 Å². The van der Waals surface area contributed by atoms with Gasteiger partial charge < -0.3 is 40.2 Å². The maximum atomic E-state index is 13.3. The van der Waals surface area contributed by atoms with Crippen LogP contribution in [0.4, 0.5) is 21.0 Å². The van der Waals surface area contributed by atoms with Crippen molar-refractivity contribution in [2.24, 2.45) is 0 Å². The monoisotopic (exact) mass is 1110 g/mol. The van der Waals surface area contributed by atoms with Crippen LogP contribution in [0.5, 0.6) is 23.0 Å². The Morgan fingerprint density at radius 2 is 0.610 bits per heavy atom. The Bertz CT molecular complexity index is 2780. The van der Waals surface area contributed by atoms with Crippen LogP contribution in [0.2, 0.25) is 0 Å². The van der Waals surface area contributed by atoms with Gasteiger partial charge in [-0.3, -0.25) is 0 Å². The molecule has 0 fully saturated rings. The van der Waals surface area contributed by atoms with Crippen molar-refractivity contribution in [2.45, 2.75) is 183 Å². The summed E-state index contributed by atoms with van der Waals surface area (Å²) in [6, 6.07) is 37.3. The highest BCUT2D eigenvalue weighted by molar-refractivity contribution is 5.89. The van der Waals surface area contributed by atoms with E-state index in [1.807, 2.05) is 60.7 Å². The van der Waals surface area contributed by atoms with E-state index in [1.54, 1.807) is 0 Å². The Balaban J connectivity index is 1.49. The van der Waals surface area contributed by atoms with E-state index in [4.69, 9.17) is 18.9 Å². The summed E-state index contributed by atoms with van der Waals surface area (Å²) in [6.07, 6.45) is 8.28. The van der Waals surface area contributed by atoms with Gasteiger partial charge in [-0.2, -0.15) is 0 Å². The number of carbonyl (C=O) groups excluding carboxylic acids is 2. The minimum absolute atomic E-state index is 0.207. The number of carbonyl (C=O) groups is 2. The van der Waals surface area contributed by atoms with Crippen LogP contribution in [0, 0.1) is 0 Å². The zero-order valence-electron chi connectivity index (χ0n) is 52.2. The van der Waals surface area contributed by atoms with E-state index in [0.717, 1.165) is 117 Å². The van der Waals surface area contributed by atoms with Gasteiger partial charge in [-0.1, -0.05) is 208 Å². The molecule has 440 valence electrons. The van der Waals surface area contributed by atoms with Crippen molar-refractivity contribution < 1.29 is 28.5 Å². The second-order valence-corrected chi connectivity index (χ2v) is 26.5. The third-order valence-corrected chi connectivity index (χ3v) is 15.3. The summed E-state index contributed by atoms with van der Waals surface area (Å²) < 4.78 is 28.7. The average Bonchev–Trinajstić information content (AvgIpc) is 2.70. The molecular formula is C72H96N4O6. The molecular weight excluding hydrogens is 1020 g/mol. The zero-order chi connectivity index (χ0) is 59.2. The molecule has 0 aliphatic heterocycles. The highest BCUT2D eigenvalue weighted by atomic mass is 16.5. The van der Waals surface area contributed by atoms with Crippen molar-refractivity contribution in [3.8, 4) is 23.0 Å². The number of hydrogen-bond acceptors (Lipinski definition) is 6. The van der Waals surface area contributed by atoms with Gasteiger partial charge in [0.2, 0.25) is 0 Å². The number of anilines is 2. The number of rotatable bonds is 20. The van der Waals surface area contributed by atoms with Gasteiger partial charge in [-0.15, -0.1) is 0 Å². The smallest absolute Gasteiger partial charge is 0.319 e. The van der Waals surface area contributed by atoms with Gasteiger partial charge in [-0.25, -0.2) is 9.59 Å². The highest BCUT2D eigenvalue weighted by Gasteiger charge is 2.30. The molecule has 1 aliphatic carbocycles. The molecule has 1 aliphatic rings. The van der Waals surface area contributed by atoms with Crippen LogP contribution in [-0.4, -0.2) is 51.6 Å². The van der Waals surface area contributed by atoms with E-state index in [-0.39, 0.29) is 46.9 Å². The second-order valence-electron chi connectivity index (χ2n) is 26.5. The zero-order valence-corrected chi connectivity index (χ0v) is 52.2. The molecule has 10 heteroatoms. The number of unbranched alkanes of at least 4 members (excludes halogenated alkanes) is 4. The van der Waals surface area contributed by atoms with Gasteiger partial charge in [0.1, 0.15) is 36.2 Å². The number of para-hydroxylation sites is 2. The molecule has 0 saturated heterocycles. The predicted octanol–water partition coefficient (Wildman–Crippen LogP) is 17.1. The van der Waals surface area contributed by atoms with Crippen molar-refractivity contribution in [3.63, 3.8) is 0 Å². The average molecular weight is 1110 g/mol. The van der Waals surface area contributed by atoms with E-state index in [1.165, 1.54) is 22.3 Å². The molecule has 6 aromatic rings. The summed E-state index contributed by atoms with van der Waals surface area (Å²) >= 11 is 0. The normalized spacial score (nSPS) is 12.8. The third-order valence-electron chi connectivity index (χ3n) is 15.3. The Kier molecular flexibility index (Phi) is 21.3. The van der Waals surface area contributed by atoms with Gasteiger partial charge in [0.05, 0.1) is 26.3 Å². The van der Waals surface area contributed by atoms with Crippen molar-refractivity contribution in [1.82, 2.24) is 10.6 Å². The number of fused-ring (bicyclic) bond motifs is 8. The largest absolute Gasteiger partial charge is 0.493 e. The molecule has 4 amide bonds. The first-order valence-electron chi connectivity index (χ1n) is 30.3. The quantitative estimate of drug-likeness (QED) is 0.0565. The lowest BCUT2D eigenvalue weighted by Gasteiger charge is -2.29. The van der Waals surface area contributed by atoms with Gasteiger partial charge in [0.25, 0.3) is 0 Å². The van der Waals surface area contributed by atoms with Crippen LogP contribution in [0.3, 0.4) is 0 Å². The number of amides is 4. The first kappa shape index (κ1) is 62.7. The first-order chi connectivity index (χ1) is 38.9. The Morgan fingerprint density at radius 3 is 0.841 bits per heavy atom. The van der Waals surface area contributed by atoms with Crippen molar-refractivity contribution in [1.29, 1.82) is 0 Å². The lowest BCUT2D eigenvalue weighted by Crippen LogP contribution is -2.32. The van der Waals surface area contributed by atoms with Crippen LogP contribution >= 0.6 is 0 Å². The predicted molar refractivity (Wildman–Crippen MR) is 340 cm³/mol. The Morgan fingerprint density at radius 1 is 0.366 bits per heavy atom. The lowest BCUT2D eigenvalue weighted by molar-refractivity contribution is 0.246. The number of hydrogen-bond donors (Lipinski definition) is 4. The molecule has 0 spiro atoms. The fourth-order valence-electron chi connectivity index (χ4n) is 10.4. The topological polar surface area (TPSA) is 119 Å². The minimum atomic E-state index is -0.288. The SMILES string of the molecule is CCCCCOc1c2cc(C(C)(C)C)cc1Cc1cc(C(C)(C)C)cc(c1OCCNC(=O)Nc1ccccc1)Cc1cc(C(C)(C)C)cc(c1OCCCCC)Cc1cc(C(C)(C)C)cc(c1OCCNC(=O)Nc1ccccc1)C2. The number of nitrogens with one attached hydrogen (secondary N) is 4. The van der Waals surface area contributed by atoms with E-state index >= 15 is 0 Å². The molecule has 0 unspecified atom stereocenters. The maximum absolute atomic E-state index is 13.3. The van der Waals surface area contributed by atoms with E-state index in [2.05, 4.69) is 167 Å². The number of urea groups is 2. The fraction of sp³-hybridized carbons (Fsp3) is 0.472. The molecule has 10 nitrogen and oxygen atoms in total. The molecule has 0 atom stereocenters. The van der Waals surface area contributed by atoms with Crippen LogP contribution in [0.1, 0.15) is 202 Å². The second kappa shape index (κ2) is 27.9. The molecule has 7 rings (SSSR count). The minimum Gasteiger partial charge on any atom is -0.493 e. The fourth-order valence-corrected chi connectivity index (χ4v) is 10.4. The molecule has 8 bridgehead atoms. The molecule has 6 aromatic carbocycles. The van der Waals surface area contributed by atoms with Crippen molar-refractivity contribution >= 4 is 23.4 Å². The van der Waals surface area contributed by atoms with Gasteiger partial charge >= 0.3 is 12.1 Å². The van der Waals surface area contributed by atoms with Crippen LogP contribution in [0.25, 0.3) is 0 Å². The molecule has 0 saturated carbocycles. The van der Waals surface area contributed by atoms with Gasteiger partial charge in [-0.05, 0) is 126 Å². The molecule has 4 N–H and O–H groups in total. The molecule has 0 aromatic heterocycles. The summed E-state index contributed by atoms with van der Waals surface area (Å²) in [5.74, 6) is 3.40. The van der Waals surface area contributed by atoms with Crippen molar-refractivity contribution in [3.05, 3.63) is 176 Å². The summed E-state index contributed by atoms with van der Waals surface area (Å²) in [6.45, 7) is 34.1. The Hall–Kier alpha value is -6.94. The summed E-state index contributed by atoms with van der Waals surface area (Å²) in [5.41, 5.74) is 14.0. The Labute approximate surface area is 492 Å². The number of ether oxygens (including phenoxy) is 4. The summed E-state index contributed by atoms with van der Waals surface area (Å²) in [5, 5.41) is 12.0. The lowest BCUT2D eigenvalue weighted by atomic mass is 9.79. The van der Waals surface area contributed by atoms with E-state index < -0.39 is 0 Å². The van der Waals surface area contributed by atoms with Gasteiger partial charge in [0, 0.05) is 37.1 Å². The summed E-state index contributed by atoms with van der Waals surface area (Å²) in [7, 11) is 0. The summed E-state index contributed by atoms with van der Waals surface area (Å²) in [4.78, 5) is 26.5. The number of benzene rings is 6. The van der Waals surface area contributed by atoms with Crippen LogP contribution in [-0.2, 0) is 47.3 Å². The maximum Gasteiger partial charge on any atom is 0.319 e. The molecule has 82 heavy (non-hydrogen) atoms. The van der Waals surface area contributed by atoms with E-state index in [9.17, 15) is 9.59 Å². The van der Waals surface area contributed by atoms with Crippen LogP contribution in [0.15, 0.2) is 109 Å². The molecule has 0 radical (unpaired) electrons. The third kappa shape index (κ3) is 17.5.